The first-order chi connectivity index (χ1) is 6.60. The van der Waals surface area contributed by atoms with Gasteiger partial charge < -0.3 is 10.6 Å². The molecule has 0 aromatic carbocycles. The van der Waals surface area contributed by atoms with Gasteiger partial charge in [-0.15, -0.1) is 0 Å². The predicted octanol–water partition coefficient (Wildman–Crippen LogP) is 0.509. The molecule has 1 rings (SSSR count). The summed E-state index contributed by atoms with van der Waals surface area (Å²) in [7, 11) is 0. The molecule has 0 radical (unpaired) electrons. The van der Waals surface area contributed by atoms with Crippen LogP contribution in [0.1, 0.15) is 33.1 Å². The summed E-state index contributed by atoms with van der Waals surface area (Å²) in [6.07, 6.45) is 2.16. The Balaban J connectivity index is 2.68. The largest absolute Gasteiger partial charge is 0.368 e. The molecule has 2 N–H and O–H groups in total. The van der Waals surface area contributed by atoms with Crippen molar-refractivity contribution in [2.24, 2.45) is 11.7 Å². The quantitative estimate of drug-likeness (QED) is 0.715. The average molecular weight is 198 g/mol. The van der Waals surface area contributed by atoms with Crippen molar-refractivity contribution in [1.29, 1.82) is 0 Å². The lowest BCUT2D eigenvalue weighted by Gasteiger charge is -2.24. The molecule has 0 aliphatic carbocycles. The number of rotatable bonds is 4. The van der Waals surface area contributed by atoms with Crippen LogP contribution in [-0.4, -0.2) is 29.3 Å². The van der Waals surface area contributed by atoms with E-state index in [1.807, 2.05) is 6.92 Å². The Labute approximate surface area is 84.4 Å². The molecule has 0 bridgehead atoms. The van der Waals surface area contributed by atoms with Gasteiger partial charge in [-0.05, 0) is 12.3 Å². The van der Waals surface area contributed by atoms with Crippen LogP contribution in [0.15, 0.2) is 0 Å². The second-order valence-electron chi connectivity index (χ2n) is 3.85. The molecule has 1 fully saturated rings. The molecular weight excluding hydrogens is 180 g/mol. The van der Waals surface area contributed by atoms with Crippen molar-refractivity contribution >= 4 is 11.8 Å². The molecule has 2 atom stereocenters. The lowest BCUT2D eigenvalue weighted by molar-refractivity contribution is -0.136. The molecule has 4 heteroatoms. The SMILES string of the molecule is CCC1CC(=O)N(C(CC)C(N)=O)C1. The maximum atomic E-state index is 11.6. The molecule has 2 unspecified atom stereocenters. The van der Waals surface area contributed by atoms with Crippen molar-refractivity contribution in [2.75, 3.05) is 6.54 Å². The van der Waals surface area contributed by atoms with Crippen LogP contribution in [-0.2, 0) is 9.59 Å². The van der Waals surface area contributed by atoms with Crippen LogP contribution in [0.4, 0.5) is 0 Å². The number of carbonyl (C=O) groups excluding carboxylic acids is 2. The molecule has 1 saturated heterocycles. The second kappa shape index (κ2) is 4.44. The molecule has 1 aliphatic rings. The standard InChI is InChI=1S/C10H18N2O2/c1-3-7-5-9(13)12(6-7)8(4-2)10(11)14/h7-8H,3-6H2,1-2H3,(H2,11,14). The molecule has 0 spiro atoms. The lowest BCUT2D eigenvalue weighted by atomic mass is 10.1. The van der Waals surface area contributed by atoms with Gasteiger partial charge in [-0.3, -0.25) is 9.59 Å². The van der Waals surface area contributed by atoms with Gasteiger partial charge in [-0.1, -0.05) is 20.3 Å². The summed E-state index contributed by atoms with van der Waals surface area (Å²) in [5.74, 6) is 0.0796. The Kier molecular flexibility index (Phi) is 3.49. The van der Waals surface area contributed by atoms with Gasteiger partial charge in [0.2, 0.25) is 11.8 Å². The fourth-order valence-electron chi connectivity index (χ4n) is 1.96. The average Bonchev–Trinajstić information content (AvgIpc) is 2.48. The van der Waals surface area contributed by atoms with Crippen molar-refractivity contribution in [3.05, 3.63) is 0 Å². The maximum Gasteiger partial charge on any atom is 0.240 e. The second-order valence-corrected chi connectivity index (χ2v) is 3.85. The van der Waals surface area contributed by atoms with Gasteiger partial charge >= 0.3 is 0 Å². The topological polar surface area (TPSA) is 63.4 Å². The van der Waals surface area contributed by atoms with Crippen LogP contribution in [0.25, 0.3) is 0 Å². The molecule has 2 amide bonds. The molecule has 80 valence electrons. The van der Waals surface area contributed by atoms with E-state index in [0.29, 0.717) is 25.3 Å². The highest BCUT2D eigenvalue weighted by atomic mass is 16.2. The van der Waals surface area contributed by atoms with E-state index in [0.717, 1.165) is 6.42 Å². The van der Waals surface area contributed by atoms with Gasteiger partial charge in [-0.2, -0.15) is 0 Å². The minimum Gasteiger partial charge on any atom is -0.368 e. The number of amides is 2. The van der Waals surface area contributed by atoms with Gasteiger partial charge in [0.25, 0.3) is 0 Å². The molecule has 0 saturated carbocycles. The Hall–Kier alpha value is -1.06. The van der Waals surface area contributed by atoms with Crippen LogP contribution >= 0.6 is 0 Å². The predicted molar refractivity (Wildman–Crippen MR) is 53.4 cm³/mol. The molecule has 0 aromatic rings. The smallest absolute Gasteiger partial charge is 0.240 e. The third-order valence-electron chi connectivity index (χ3n) is 2.91. The third-order valence-corrected chi connectivity index (χ3v) is 2.91. The van der Waals surface area contributed by atoms with E-state index < -0.39 is 11.9 Å². The third kappa shape index (κ3) is 2.05. The number of hydrogen-bond donors (Lipinski definition) is 1. The van der Waals surface area contributed by atoms with Gasteiger partial charge in [-0.25, -0.2) is 0 Å². The van der Waals surface area contributed by atoms with Crippen LogP contribution in [0, 0.1) is 5.92 Å². The van der Waals surface area contributed by atoms with Crippen LogP contribution < -0.4 is 5.73 Å². The minimum atomic E-state index is -0.404. The number of nitrogens with zero attached hydrogens (tertiary/aromatic N) is 1. The van der Waals surface area contributed by atoms with Gasteiger partial charge in [0, 0.05) is 13.0 Å². The maximum absolute atomic E-state index is 11.6. The molecule has 1 heterocycles. The zero-order valence-electron chi connectivity index (χ0n) is 8.82. The van der Waals surface area contributed by atoms with Crippen molar-refractivity contribution in [2.45, 2.75) is 39.2 Å². The Bertz CT molecular complexity index is 240. The summed E-state index contributed by atoms with van der Waals surface area (Å²) in [5.41, 5.74) is 5.24. The molecule has 4 nitrogen and oxygen atoms in total. The van der Waals surface area contributed by atoms with Crippen molar-refractivity contribution < 1.29 is 9.59 Å². The van der Waals surface area contributed by atoms with E-state index in [2.05, 4.69) is 6.92 Å². The lowest BCUT2D eigenvalue weighted by Crippen LogP contribution is -2.45. The summed E-state index contributed by atoms with van der Waals surface area (Å²) in [6, 6.07) is -0.404. The highest BCUT2D eigenvalue weighted by Gasteiger charge is 2.34. The number of carbonyl (C=O) groups is 2. The number of primary amides is 1. The van der Waals surface area contributed by atoms with Crippen LogP contribution in [0.2, 0.25) is 0 Å². The summed E-state index contributed by atoms with van der Waals surface area (Å²) >= 11 is 0. The Morgan fingerprint density at radius 2 is 2.29 bits per heavy atom. The minimum absolute atomic E-state index is 0.0718. The fourth-order valence-corrected chi connectivity index (χ4v) is 1.96. The van der Waals surface area contributed by atoms with E-state index in [1.165, 1.54) is 0 Å². The Morgan fingerprint density at radius 3 is 2.64 bits per heavy atom. The zero-order valence-corrected chi connectivity index (χ0v) is 8.82. The van der Waals surface area contributed by atoms with Gasteiger partial charge in [0.15, 0.2) is 0 Å². The highest BCUT2D eigenvalue weighted by molar-refractivity contribution is 5.87. The summed E-state index contributed by atoms with van der Waals surface area (Å²) < 4.78 is 0. The van der Waals surface area contributed by atoms with Gasteiger partial charge in [0.05, 0.1) is 0 Å². The van der Waals surface area contributed by atoms with Crippen molar-refractivity contribution in [1.82, 2.24) is 4.90 Å². The van der Waals surface area contributed by atoms with Crippen LogP contribution in [0.3, 0.4) is 0 Å². The van der Waals surface area contributed by atoms with Gasteiger partial charge in [0.1, 0.15) is 6.04 Å². The van der Waals surface area contributed by atoms with E-state index in [9.17, 15) is 9.59 Å². The monoisotopic (exact) mass is 198 g/mol. The van der Waals surface area contributed by atoms with Crippen molar-refractivity contribution in [3.63, 3.8) is 0 Å². The zero-order chi connectivity index (χ0) is 10.7. The van der Waals surface area contributed by atoms with E-state index in [1.54, 1.807) is 4.90 Å². The molecule has 14 heavy (non-hydrogen) atoms. The molecular formula is C10H18N2O2. The summed E-state index contributed by atoms with van der Waals surface area (Å²) in [5, 5.41) is 0. The highest BCUT2D eigenvalue weighted by Crippen LogP contribution is 2.23. The number of nitrogens with two attached hydrogens (primary N) is 1. The normalized spacial score (nSPS) is 24.0. The first kappa shape index (κ1) is 11.0. The summed E-state index contributed by atoms with van der Waals surface area (Å²) in [6.45, 7) is 4.63. The first-order valence-electron chi connectivity index (χ1n) is 5.18. The Morgan fingerprint density at radius 1 is 1.64 bits per heavy atom. The van der Waals surface area contributed by atoms with Crippen LogP contribution in [0.5, 0.6) is 0 Å². The van der Waals surface area contributed by atoms with Crippen molar-refractivity contribution in [3.8, 4) is 0 Å². The first-order valence-corrected chi connectivity index (χ1v) is 5.18. The number of hydrogen-bond acceptors (Lipinski definition) is 2. The number of likely N-dealkylation sites (tertiary alicyclic amines) is 1. The summed E-state index contributed by atoms with van der Waals surface area (Å²) in [4.78, 5) is 24.3. The van der Waals surface area contributed by atoms with E-state index in [4.69, 9.17) is 5.73 Å². The van der Waals surface area contributed by atoms with E-state index in [-0.39, 0.29) is 5.91 Å². The van der Waals surface area contributed by atoms with E-state index >= 15 is 0 Å². The molecule has 0 aromatic heterocycles. The molecule has 1 aliphatic heterocycles. The fraction of sp³-hybridized carbons (Fsp3) is 0.800.